The summed E-state index contributed by atoms with van der Waals surface area (Å²) in [5.41, 5.74) is 4.57. The highest BCUT2D eigenvalue weighted by molar-refractivity contribution is 7.47. The molecule has 1 aromatic heterocycles. The maximum Gasteiger partial charge on any atom is 0.528 e. The van der Waals surface area contributed by atoms with Gasteiger partial charge in [0.25, 0.3) is 11.7 Å². The zero-order chi connectivity index (χ0) is 61.1. The van der Waals surface area contributed by atoms with Gasteiger partial charge in [-0.05, 0) is 189 Å². The van der Waals surface area contributed by atoms with Crippen LogP contribution in [0, 0.1) is 64.0 Å². The summed E-state index contributed by atoms with van der Waals surface area (Å²) in [6.07, 6.45) is 4.65. The Hall–Kier alpha value is -5.19. The maximum absolute atomic E-state index is 14.5. The van der Waals surface area contributed by atoms with E-state index >= 15 is 0 Å². The van der Waals surface area contributed by atoms with Crippen molar-refractivity contribution in [1.82, 2.24) is 4.57 Å². The molecule has 1 amide bonds. The topological polar surface area (TPSA) is 223 Å². The fourth-order valence-corrected chi connectivity index (χ4v) is 17.7. The lowest BCUT2D eigenvalue weighted by Crippen LogP contribution is -2.54. The zero-order valence-electron chi connectivity index (χ0n) is 51.0. The molecular weight excluding hydrogens is 1100 g/mol. The molecule has 4 fully saturated rings. The third-order valence-corrected chi connectivity index (χ3v) is 21.9. The van der Waals surface area contributed by atoms with Crippen LogP contribution in [0.1, 0.15) is 174 Å². The number of phosphoric acid groups is 1. The highest BCUT2D eigenvalue weighted by Crippen LogP contribution is 2.69. The molecule has 2 heterocycles. The molecule has 0 bridgehead atoms. The molecule has 15 atom stereocenters. The van der Waals surface area contributed by atoms with Crippen molar-refractivity contribution < 1.29 is 67.2 Å². The van der Waals surface area contributed by atoms with E-state index in [9.17, 15) is 48.7 Å². The predicted molar refractivity (Wildman–Crippen MR) is 324 cm³/mol. The second-order valence-electron chi connectivity index (χ2n) is 26.7. The fraction of sp³-hybridized carbons (Fsp3) is 0.603. The molecule has 3 unspecified atom stereocenters. The van der Waals surface area contributed by atoms with E-state index < -0.39 is 80.6 Å². The molecule has 85 heavy (non-hydrogen) atoms. The number of nitrogens with zero attached hydrogens (tertiary/aromatic N) is 1. The Kier molecular flexibility index (Phi) is 20.5. The molecular formula is C68H92FN2O13P. The van der Waals surface area contributed by atoms with Crippen molar-refractivity contribution in [3.05, 3.63) is 114 Å². The number of carbonyl (C=O) groups excluding carboxylic acids is 3. The highest BCUT2D eigenvalue weighted by atomic mass is 31.2. The lowest BCUT2D eigenvalue weighted by atomic mass is 9.44. The fourth-order valence-electron chi connectivity index (χ4n) is 16.6. The lowest BCUT2D eigenvalue weighted by Gasteiger charge is -2.61. The number of cyclic esters (lactones) is 1. The number of aromatic nitrogens is 1. The Balaban J connectivity index is 0.849. The molecule has 1 aliphatic heterocycles. The molecule has 4 aromatic rings. The largest absolute Gasteiger partial charge is 0.528 e. The monoisotopic (exact) mass is 1190 g/mol. The van der Waals surface area contributed by atoms with Crippen LogP contribution in [0.4, 0.5) is 10.1 Å². The van der Waals surface area contributed by atoms with E-state index in [1.807, 2.05) is 66.9 Å². The van der Waals surface area contributed by atoms with Crippen LogP contribution in [-0.2, 0) is 39.2 Å². The molecule has 0 radical (unpaired) electrons. The molecule has 6 N–H and O–H groups in total. The van der Waals surface area contributed by atoms with E-state index in [2.05, 4.69) is 46.9 Å². The number of fused-ring (bicyclic) bond motifs is 5. The molecule has 17 heteroatoms. The number of aliphatic hydroxyl groups excluding tert-OH is 4. The van der Waals surface area contributed by atoms with Crippen molar-refractivity contribution >= 4 is 31.4 Å². The summed E-state index contributed by atoms with van der Waals surface area (Å²) in [4.78, 5) is 52.9. The van der Waals surface area contributed by atoms with Gasteiger partial charge in [0.2, 0.25) is 5.76 Å². The van der Waals surface area contributed by atoms with Crippen molar-refractivity contribution in [3.63, 3.8) is 0 Å². The van der Waals surface area contributed by atoms with Crippen molar-refractivity contribution in [2.24, 2.45) is 58.2 Å². The molecule has 15 nitrogen and oxygen atoms in total. The number of anilines is 1. The minimum atomic E-state index is -5.13. The average Bonchev–Trinajstić information content (AvgIpc) is 1.88. The van der Waals surface area contributed by atoms with Gasteiger partial charge >= 0.3 is 19.8 Å². The van der Waals surface area contributed by atoms with E-state index in [1.54, 1.807) is 24.3 Å². The Morgan fingerprint density at radius 3 is 2.15 bits per heavy atom. The summed E-state index contributed by atoms with van der Waals surface area (Å²) >= 11 is 0. The number of carbonyl (C=O) groups is 3. The first-order valence-corrected chi connectivity index (χ1v) is 32.9. The zero-order valence-corrected chi connectivity index (χ0v) is 51.9. The number of nitrogens with one attached hydrogen (secondary N) is 1. The molecule has 3 aromatic carbocycles. The molecule has 4 aliphatic carbocycles. The molecule has 464 valence electrons. The summed E-state index contributed by atoms with van der Waals surface area (Å²) in [7, 11) is -5.13. The van der Waals surface area contributed by atoms with Crippen molar-refractivity contribution in [3.8, 4) is 22.4 Å². The van der Waals surface area contributed by atoms with Crippen LogP contribution in [0.5, 0.6) is 0 Å². The van der Waals surface area contributed by atoms with Crippen LogP contribution in [0.15, 0.2) is 96.4 Å². The van der Waals surface area contributed by atoms with Gasteiger partial charge in [0.15, 0.2) is 6.10 Å². The summed E-state index contributed by atoms with van der Waals surface area (Å²) in [6, 6.07) is 24.4. The van der Waals surface area contributed by atoms with Crippen LogP contribution < -0.4 is 5.32 Å². The third kappa shape index (κ3) is 13.9. The number of hydrogen-bond acceptors (Lipinski definition) is 12. The number of phosphoric ester groups is 1. The molecule has 9 rings (SSSR count). The summed E-state index contributed by atoms with van der Waals surface area (Å²) in [6.45, 7) is 17.6. The van der Waals surface area contributed by atoms with Crippen LogP contribution in [0.3, 0.4) is 0 Å². The Morgan fingerprint density at radius 2 is 1.49 bits per heavy atom. The van der Waals surface area contributed by atoms with Crippen LogP contribution in [0.2, 0.25) is 0 Å². The average molecular weight is 1200 g/mol. The molecule has 4 saturated carbocycles. The van der Waals surface area contributed by atoms with Crippen LogP contribution >= 0.6 is 7.82 Å². The Labute approximate surface area is 501 Å². The van der Waals surface area contributed by atoms with Crippen LogP contribution in [-0.4, -0.2) is 84.9 Å². The van der Waals surface area contributed by atoms with Crippen molar-refractivity contribution in [2.75, 3.05) is 11.9 Å². The van der Waals surface area contributed by atoms with Gasteiger partial charge in [-0.15, -0.1) is 0 Å². The number of ether oxygens (including phenoxy) is 2. The second kappa shape index (κ2) is 27.1. The summed E-state index contributed by atoms with van der Waals surface area (Å²) in [5.74, 6) is -0.211. The van der Waals surface area contributed by atoms with Crippen molar-refractivity contribution in [1.29, 1.82) is 0 Å². The number of aliphatic hydroxyl groups is 4. The first-order chi connectivity index (χ1) is 40.5. The van der Waals surface area contributed by atoms with Gasteiger partial charge < -0.3 is 44.3 Å². The van der Waals surface area contributed by atoms with Gasteiger partial charge in [0, 0.05) is 23.5 Å². The maximum atomic E-state index is 14.5. The number of amides is 1. The summed E-state index contributed by atoms with van der Waals surface area (Å²) < 4.78 is 52.4. The minimum Gasteiger partial charge on any atom is -0.445 e. The standard InChI is InChI=1S/C68H92FN2O13P/c1-9-43(40(2)3)21-20-42(6)53-28-29-54-52-27-24-46-36-51(30-33-67(46,7)55(52)31-34-68(53,54)8)83-85(79,80)84-64-63(62(56(75)39-72)82-66(64)78)81-57(76)38-50(74)37-49(73)32-35-71-60(41(4)5)59(65(77)70-48-18-14-11-15-19-48)58(44-16-12-10-13-17-44)61(71)45-22-25-47(69)26-23-45/h10-19,22-23,25-26,40-43,46,49-56,62,72-75H,9,20-21,24,27-39H2,1-8H3,(H,70,77)(H,79,80)/t42-,43+,46+,49-,50-,51+,52+,53-,54+,55+,56?,62?,67+,68-/m1/s1. The van der Waals surface area contributed by atoms with Gasteiger partial charge in [-0.1, -0.05) is 117 Å². The van der Waals surface area contributed by atoms with Crippen LogP contribution in [0.25, 0.3) is 22.4 Å². The first-order valence-electron chi connectivity index (χ1n) is 31.4. The number of halogens is 1. The minimum absolute atomic E-state index is 0.0188. The van der Waals surface area contributed by atoms with Gasteiger partial charge in [-0.25, -0.2) is 13.8 Å². The molecule has 5 aliphatic rings. The van der Waals surface area contributed by atoms with E-state index in [1.165, 1.54) is 57.1 Å². The number of esters is 2. The van der Waals surface area contributed by atoms with Gasteiger partial charge in [0.05, 0.1) is 42.6 Å². The second-order valence-corrected chi connectivity index (χ2v) is 28.0. The molecule has 0 spiro atoms. The van der Waals surface area contributed by atoms with E-state index in [-0.39, 0.29) is 42.5 Å². The van der Waals surface area contributed by atoms with E-state index in [0.717, 1.165) is 36.7 Å². The van der Waals surface area contributed by atoms with E-state index in [4.69, 9.17) is 18.5 Å². The predicted octanol–water partition coefficient (Wildman–Crippen LogP) is 13.5. The molecule has 0 saturated heterocycles. The Bertz CT molecular complexity index is 3040. The van der Waals surface area contributed by atoms with E-state index in [0.29, 0.717) is 81.6 Å². The number of benzene rings is 3. The summed E-state index contributed by atoms with van der Waals surface area (Å²) in [5, 5.41) is 46.5. The van der Waals surface area contributed by atoms with Crippen molar-refractivity contribution in [2.45, 2.75) is 195 Å². The van der Waals surface area contributed by atoms with Gasteiger partial charge in [-0.3, -0.25) is 19.0 Å². The highest BCUT2D eigenvalue weighted by Gasteiger charge is 2.61. The SMILES string of the molecule is CC[C@@H](CC[C@@H](C)[C@H]1CC[C@H]2[C@@H]3CC[C@H]4C[C@@H](OP(=O)(O)OC5=C(OC(=O)C[C@H](O)C[C@H](O)CCn6c(-c7ccc(F)cc7)c(-c7ccccc7)c(C(=O)Nc7ccccc7)c6C(C)C)C(C(O)CO)OC5=O)CC[C@]4(C)[C@H]3CC[C@]12C)C(C)C. The lowest BCUT2D eigenvalue weighted by molar-refractivity contribution is -0.152. The Morgan fingerprint density at radius 1 is 0.824 bits per heavy atom. The van der Waals surface area contributed by atoms with Gasteiger partial charge in [-0.2, -0.15) is 0 Å². The normalized spacial score (nSPS) is 28.1. The first kappa shape index (κ1) is 64.3. The smallest absolute Gasteiger partial charge is 0.445 e. The quantitative estimate of drug-likeness (QED) is 0.0269. The van der Waals surface area contributed by atoms with Gasteiger partial charge in [0.1, 0.15) is 11.9 Å². The number of para-hydroxylation sites is 1. The number of rotatable bonds is 25. The third-order valence-electron chi connectivity index (χ3n) is 20.9. The number of hydrogen-bond donors (Lipinski definition) is 6.